The number of aliphatic carboxylic acids is 1. The quantitative estimate of drug-likeness (QED) is 0.655. The molecule has 3 N–H and O–H groups in total. The van der Waals surface area contributed by atoms with E-state index in [0.29, 0.717) is 12.8 Å². The number of hydrogen-bond donors (Lipinski definition) is 3. The van der Waals surface area contributed by atoms with Crippen molar-refractivity contribution in [3.8, 4) is 0 Å². The van der Waals surface area contributed by atoms with Gasteiger partial charge in [0.05, 0.1) is 6.42 Å². The molecule has 5 heteroatoms. The minimum Gasteiger partial charge on any atom is -0.480 e. The smallest absolute Gasteiger partial charge is 0.326 e. The van der Waals surface area contributed by atoms with E-state index in [4.69, 9.17) is 5.11 Å². The lowest BCUT2D eigenvalue weighted by molar-refractivity contribution is -0.141. The molecule has 0 spiro atoms. The highest BCUT2D eigenvalue weighted by Gasteiger charge is 2.19. The summed E-state index contributed by atoms with van der Waals surface area (Å²) >= 11 is 0. The van der Waals surface area contributed by atoms with Crippen LogP contribution in [0.1, 0.15) is 30.9 Å². The van der Waals surface area contributed by atoms with Gasteiger partial charge in [-0.05, 0) is 30.4 Å². The van der Waals surface area contributed by atoms with Gasteiger partial charge in [0.15, 0.2) is 0 Å². The van der Waals surface area contributed by atoms with E-state index < -0.39 is 12.0 Å². The molecule has 1 aromatic carbocycles. The number of aryl methyl sites for hydroxylation is 1. The van der Waals surface area contributed by atoms with Crippen molar-refractivity contribution in [1.29, 1.82) is 0 Å². The van der Waals surface area contributed by atoms with Crippen molar-refractivity contribution in [2.45, 2.75) is 38.6 Å². The number of amides is 1. The molecule has 0 saturated carbocycles. The Hall–Kier alpha value is -2.56. The molecule has 122 valence electrons. The molecular weight excluding hydrogens is 292 g/mol. The molecule has 1 atom stereocenters. The van der Waals surface area contributed by atoms with E-state index in [1.165, 1.54) is 5.56 Å². The van der Waals surface area contributed by atoms with Crippen molar-refractivity contribution < 1.29 is 14.7 Å². The standard InChI is InChI=1S/C18H22N2O3/c1-3-5-9-15(18(22)23)20-16(21)10-13-11-19-17-12(4-2)7-6-8-14(13)17/h3,6-8,11,15,19H,1,4-5,9-10H2,2H3,(H,20,21)(H,22,23). The second kappa shape index (κ2) is 7.63. The molecule has 0 bridgehead atoms. The lowest BCUT2D eigenvalue weighted by atomic mass is 10.0. The largest absolute Gasteiger partial charge is 0.480 e. The molecule has 2 rings (SSSR count). The van der Waals surface area contributed by atoms with Crippen LogP contribution in [0.15, 0.2) is 37.1 Å². The summed E-state index contributed by atoms with van der Waals surface area (Å²) in [6.07, 6.45) is 5.43. The third-order valence-electron chi connectivity index (χ3n) is 3.91. The topological polar surface area (TPSA) is 82.2 Å². The number of carboxylic acids is 1. The van der Waals surface area contributed by atoms with Gasteiger partial charge in [-0.2, -0.15) is 0 Å². The number of aromatic nitrogens is 1. The first-order valence-electron chi connectivity index (χ1n) is 7.77. The van der Waals surface area contributed by atoms with Crippen LogP contribution in [0.25, 0.3) is 10.9 Å². The van der Waals surface area contributed by atoms with Gasteiger partial charge in [0.25, 0.3) is 0 Å². The fourth-order valence-electron chi connectivity index (χ4n) is 2.68. The average molecular weight is 314 g/mol. The molecule has 1 aromatic heterocycles. The van der Waals surface area contributed by atoms with Gasteiger partial charge in [-0.1, -0.05) is 31.2 Å². The third-order valence-corrected chi connectivity index (χ3v) is 3.91. The number of H-pyrrole nitrogens is 1. The first-order valence-corrected chi connectivity index (χ1v) is 7.77. The maximum Gasteiger partial charge on any atom is 0.326 e. The van der Waals surface area contributed by atoms with Crippen LogP contribution < -0.4 is 5.32 Å². The van der Waals surface area contributed by atoms with Crippen molar-refractivity contribution in [3.05, 3.63) is 48.2 Å². The fraction of sp³-hybridized carbons (Fsp3) is 0.333. The van der Waals surface area contributed by atoms with Gasteiger partial charge in [-0.3, -0.25) is 4.79 Å². The highest BCUT2D eigenvalue weighted by Crippen LogP contribution is 2.22. The van der Waals surface area contributed by atoms with Gasteiger partial charge >= 0.3 is 5.97 Å². The van der Waals surface area contributed by atoms with Crippen LogP contribution in [0.5, 0.6) is 0 Å². The second-order valence-electron chi connectivity index (χ2n) is 5.51. The molecule has 1 amide bonds. The lowest BCUT2D eigenvalue weighted by Gasteiger charge is -2.13. The summed E-state index contributed by atoms with van der Waals surface area (Å²) in [5, 5.41) is 12.8. The van der Waals surface area contributed by atoms with Crippen LogP contribution in [-0.2, 0) is 22.4 Å². The number of nitrogens with one attached hydrogen (secondary N) is 2. The minimum absolute atomic E-state index is 0.158. The Morgan fingerprint density at radius 2 is 2.17 bits per heavy atom. The van der Waals surface area contributed by atoms with E-state index in [2.05, 4.69) is 29.9 Å². The van der Waals surface area contributed by atoms with Gasteiger partial charge in [0.2, 0.25) is 5.91 Å². The van der Waals surface area contributed by atoms with Crippen LogP contribution >= 0.6 is 0 Å². The van der Waals surface area contributed by atoms with E-state index in [-0.39, 0.29) is 12.3 Å². The zero-order valence-corrected chi connectivity index (χ0v) is 13.3. The number of allylic oxidation sites excluding steroid dienone is 1. The van der Waals surface area contributed by atoms with Crippen molar-refractivity contribution in [2.75, 3.05) is 0 Å². The summed E-state index contributed by atoms with van der Waals surface area (Å²) in [6.45, 7) is 5.66. The van der Waals surface area contributed by atoms with Gasteiger partial charge in [-0.15, -0.1) is 6.58 Å². The zero-order chi connectivity index (χ0) is 16.8. The minimum atomic E-state index is -1.02. The number of benzene rings is 1. The highest BCUT2D eigenvalue weighted by atomic mass is 16.4. The molecule has 0 aliphatic heterocycles. The third kappa shape index (κ3) is 4.00. The summed E-state index contributed by atoms with van der Waals surface area (Å²) < 4.78 is 0. The molecule has 0 aliphatic carbocycles. The number of para-hydroxylation sites is 1. The fourth-order valence-corrected chi connectivity index (χ4v) is 2.68. The second-order valence-corrected chi connectivity index (χ2v) is 5.51. The Morgan fingerprint density at radius 3 is 2.83 bits per heavy atom. The molecule has 0 aliphatic rings. The number of carboxylic acid groups (broad SMARTS) is 1. The SMILES string of the molecule is C=CCCC(NC(=O)Cc1c[nH]c2c(CC)cccc12)C(=O)O. The van der Waals surface area contributed by atoms with Gasteiger partial charge < -0.3 is 15.4 Å². The zero-order valence-electron chi connectivity index (χ0n) is 13.3. The Balaban J connectivity index is 2.11. The van der Waals surface area contributed by atoms with E-state index in [1.807, 2.05) is 18.3 Å². The first kappa shape index (κ1) is 16.8. The Labute approximate surface area is 135 Å². The Kier molecular flexibility index (Phi) is 5.57. The van der Waals surface area contributed by atoms with E-state index in [9.17, 15) is 9.59 Å². The van der Waals surface area contributed by atoms with Crippen molar-refractivity contribution >= 4 is 22.8 Å². The van der Waals surface area contributed by atoms with E-state index >= 15 is 0 Å². The summed E-state index contributed by atoms with van der Waals surface area (Å²) in [7, 11) is 0. The molecule has 1 unspecified atom stereocenters. The molecule has 2 aromatic rings. The molecule has 0 saturated heterocycles. The maximum absolute atomic E-state index is 12.2. The van der Waals surface area contributed by atoms with Crippen LogP contribution in [0.2, 0.25) is 0 Å². The average Bonchev–Trinajstić information content (AvgIpc) is 2.94. The molecule has 0 fully saturated rings. The lowest BCUT2D eigenvalue weighted by Crippen LogP contribution is -2.41. The number of aromatic amines is 1. The van der Waals surface area contributed by atoms with Gasteiger partial charge in [0.1, 0.15) is 6.04 Å². The summed E-state index contributed by atoms with van der Waals surface area (Å²) in [6, 6.07) is 5.12. The predicted molar refractivity (Wildman–Crippen MR) is 90.4 cm³/mol. The van der Waals surface area contributed by atoms with Crippen LogP contribution in [0.4, 0.5) is 0 Å². The van der Waals surface area contributed by atoms with Crippen molar-refractivity contribution in [2.24, 2.45) is 0 Å². The van der Waals surface area contributed by atoms with E-state index in [1.54, 1.807) is 6.08 Å². The first-order chi connectivity index (χ1) is 11.1. The van der Waals surface area contributed by atoms with Crippen molar-refractivity contribution in [1.82, 2.24) is 10.3 Å². The van der Waals surface area contributed by atoms with Crippen molar-refractivity contribution in [3.63, 3.8) is 0 Å². The van der Waals surface area contributed by atoms with Crippen LogP contribution in [0, 0.1) is 0 Å². The number of hydrogen-bond acceptors (Lipinski definition) is 2. The predicted octanol–water partition coefficient (Wildman–Crippen LogP) is 2.81. The van der Waals surface area contributed by atoms with Gasteiger partial charge in [0, 0.05) is 17.1 Å². The monoisotopic (exact) mass is 314 g/mol. The van der Waals surface area contributed by atoms with Crippen LogP contribution in [-0.4, -0.2) is 28.0 Å². The summed E-state index contributed by atoms with van der Waals surface area (Å²) in [5.41, 5.74) is 3.11. The number of carbonyl (C=O) groups excluding carboxylic acids is 1. The molecular formula is C18H22N2O3. The molecule has 1 heterocycles. The maximum atomic E-state index is 12.2. The molecule has 5 nitrogen and oxygen atoms in total. The molecule has 0 radical (unpaired) electrons. The number of carbonyl (C=O) groups is 2. The van der Waals surface area contributed by atoms with Gasteiger partial charge in [-0.25, -0.2) is 4.79 Å². The Bertz CT molecular complexity index is 718. The normalized spacial score (nSPS) is 12.0. The highest BCUT2D eigenvalue weighted by molar-refractivity contribution is 5.91. The molecule has 23 heavy (non-hydrogen) atoms. The number of rotatable bonds is 8. The van der Waals surface area contributed by atoms with Crippen LogP contribution in [0.3, 0.4) is 0 Å². The Morgan fingerprint density at radius 1 is 1.39 bits per heavy atom. The number of fused-ring (bicyclic) bond motifs is 1. The van der Waals surface area contributed by atoms with E-state index in [0.717, 1.165) is 22.9 Å². The summed E-state index contributed by atoms with van der Waals surface area (Å²) in [4.78, 5) is 26.6. The summed E-state index contributed by atoms with van der Waals surface area (Å²) in [5.74, 6) is -1.31.